The first-order valence-electron chi connectivity index (χ1n) is 8.97. The van der Waals surface area contributed by atoms with Gasteiger partial charge in [-0.2, -0.15) is 0 Å². The van der Waals surface area contributed by atoms with E-state index >= 15 is 0 Å². The molecule has 0 unspecified atom stereocenters. The number of benzene rings is 2. The molecule has 9 heteroatoms. The summed E-state index contributed by atoms with van der Waals surface area (Å²) in [4.78, 5) is 11.3. The number of rotatable bonds is 7. The molecule has 0 spiro atoms. The lowest BCUT2D eigenvalue weighted by atomic mass is 10.2. The highest BCUT2D eigenvalue weighted by Gasteiger charge is 2.32. The number of unbranched alkanes of at least 4 members (excludes halogenated alkanes) is 2. The highest BCUT2D eigenvalue weighted by atomic mass is 32.2. The number of ether oxygens (including phenoxy) is 1. The molecule has 0 aliphatic carbocycles. The fourth-order valence-electron chi connectivity index (χ4n) is 3.16. The van der Waals surface area contributed by atoms with E-state index in [0.717, 1.165) is 0 Å². The zero-order chi connectivity index (χ0) is 20.1. The van der Waals surface area contributed by atoms with E-state index < -0.39 is 15.9 Å². The van der Waals surface area contributed by atoms with Gasteiger partial charge in [-0.1, -0.05) is 18.6 Å². The van der Waals surface area contributed by atoms with Gasteiger partial charge in [-0.15, -0.1) is 0 Å². The summed E-state index contributed by atoms with van der Waals surface area (Å²) in [5.41, 5.74) is 3.30. The van der Waals surface area contributed by atoms with E-state index in [2.05, 4.69) is 5.32 Å². The van der Waals surface area contributed by atoms with Gasteiger partial charge in [-0.05, 0) is 37.1 Å². The molecule has 3 rings (SSSR count). The first-order chi connectivity index (χ1) is 13.5. The summed E-state index contributed by atoms with van der Waals surface area (Å²) in [5, 5.41) is 11.7. The molecular formula is C19H23N3O5S. The highest BCUT2D eigenvalue weighted by Crippen LogP contribution is 2.41. The quantitative estimate of drug-likeness (QED) is 0.371. The van der Waals surface area contributed by atoms with E-state index in [9.17, 15) is 13.2 Å². The topological polar surface area (TPSA) is 108 Å². The molecule has 28 heavy (non-hydrogen) atoms. The molecule has 1 heterocycles. The van der Waals surface area contributed by atoms with Crippen LogP contribution in [0.25, 0.3) is 0 Å². The molecule has 1 aliphatic rings. The zero-order valence-corrected chi connectivity index (χ0v) is 16.3. The maximum absolute atomic E-state index is 13.3. The normalized spacial score (nSPS) is 14.3. The third-order valence-corrected chi connectivity index (χ3v) is 6.46. The molecule has 150 valence electrons. The number of hydrogen-bond donors (Lipinski definition) is 3. The van der Waals surface area contributed by atoms with Gasteiger partial charge >= 0.3 is 0 Å². The Bertz CT molecular complexity index is 962. The Morgan fingerprint density at radius 3 is 2.68 bits per heavy atom. The molecule has 1 aliphatic heterocycles. The van der Waals surface area contributed by atoms with Crippen molar-refractivity contribution in [2.24, 2.45) is 0 Å². The van der Waals surface area contributed by atoms with E-state index in [1.54, 1.807) is 55.1 Å². The smallest absolute Gasteiger partial charge is 0.266 e. The minimum absolute atomic E-state index is 0.196. The summed E-state index contributed by atoms with van der Waals surface area (Å²) < 4.78 is 33.3. The number of carbonyl (C=O) groups excluding carboxylic acids is 1. The predicted molar refractivity (Wildman–Crippen MR) is 106 cm³/mol. The Morgan fingerprint density at radius 2 is 1.93 bits per heavy atom. The lowest BCUT2D eigenvalue weighted by molar-refractivity contribution is -0.129. The van der Waals surface area contributed by atoms with Crippen molar-refractivity contribution in [1.82, 2.24) is 5.48 Å². The number of para-hydroxylation sites is 1. The molecule has 0 fully saturated rings. The molecule has 8 nitrogen and oxygen atoms in total. The lowest BCUT2D eigenvalue weighted by Crippen LogP contribution is -2.31. The monoisotopic (exact) mass is 405 g/mol. The Morgan fingerprint density at radius 1 is 1.14 bits per heavy atom. The second kappa shape index (κ2) is 8.49. The largest absolute Gasteiger partial charge is 0.497 e. The number of fused-ring (bicyclic) bond motifs is 2. The van der Waals surface area contributed by atoms with Gasteiger partial charge in [-0.3, -0.25) is 14.3 Å². The van der Waals surface area contributed by atoms with Gasteiger partial charge in [0.05, 0.1) is 24.2 Å². The molecule has 2 aromatic carbocycles. The highest BCUT2D eigenvalue weighted by molar-refractivity contribution is 7.93. The molecule has 3 N–H and O–H groups in total. The number of anilines is 3. The molecule has 0 bridgehead atoms. The molecule has 0 saturated heterocycles. The summed E-state index contributed by atoms with van der Waals surface area (Å²) in [6.07, 6.45) is 1.98. The number of carbonyl (C=O) groups is 1. The van der Waals surface area contributed by atoms with E-state index in [4.69, 9.17) is 9.94 Å². The lowest BCUT2D eigenvalue weighted by Gasteiger charge is -2.24. The average Bonchev–Trinajstić information content (AvgIpc) is 2.79. The molecule has 2 aromatic rings. The van der Waals surface area contributed by atoms with Crippen molar-refractivity contribution in [2.75, 3.05) is 23.3 Å². The third-order valence-electron chi connectivity index (χ3n) is 4.59. The standard InChI is InChI=1S/C19H23N3O5S/c1-27-14-10-11-17-16(13-14)20-15-7-4-5-8-18(15)28(25,26)22(17)12-6-2-3-9-19(23)21-24/h4-5,7-8,10-11,13,20,24H,2-3,6,9,12H2,1H3,(H,21,23). The van der Waals surface area contributed by atoms with Crippen molar-refractivity contribution in [3.05, 3.63) is 42.5 Å². The Hall–Kier alpha value is -2.78. The van der Waals surface area contributed by atoms with E-state index in [1.807, 2.05) is 0 Å². The van der Waals surface area contributed by atoms with Gasteiger partial charge < -0.3 is 10.1 Å². The van der Waals surface area contributed by atoms with Crippen LogP contribution in [0.1, 0.15) is 25.7 Å². The summed E-state index contributed by atoms with van der Waals surface area (Å²) in [5.74, 6) is 0.177. The van der Waals surface area contributed by atoms with Crippen LogP contribution in [0.15, 0.2) is 47.4 Å². The fraction of sp³-hybridized carbons (Fsp3) is 0.316. The van der Waals surface area contributed by atoms with Gasteiger partial charge in [0.15, 0.2) is 0 Å². The predicted octanol–water partition coefficient (Wildman–Crippen LogP) is 3.01. The maximum atomic E-state index is 13.3. The Labute approximate surface area is 164 Å². The van der Waals surface area contributed by atoms with Gasteiger partial charge in [0.25, 0.3) is 10.0 Å². The van der Waals surface area contributed by atoms with E-state index in [0.29, 0.717) is 42.1 Å². The van der Waals surface area contributed by atoms with E-state index in [-0.39, 0.29) is 17.9 Å². The minimum atomic E-state index is -3.75. The molecular weight excluding hydrogens is 382 g/mol. The number of amides is 1. The van der Waals surface area contributed by atoms with Gasteiger partial charge in [0.2, 0.25) is 5.91 Å². The molecule has 0 saturated carbocycles. The number of hydroxylamine groups is 1. The minimum Gasteiger partial charge on any atom is -0.497 e. The SMILES string of the molecule is COc1ccc2c(c1)Nc1ccccc1S(=O)(=O)N2CCCCCC(=O)NO. The van der Waals surface area contributed by atoms with Crippen LogP contribution in [0, 0.1) is 0 Å². The van der Waals surface area contributed by atoms with Crippen molar-refractivity contribution < 1.29 is 23.2 Å². The van der Waals surface area contributed by atoms with Gasteiger partial charge in [0.1, 0.15) is 10.6 Å². The second-order valence-corrected chi connectivity index (χ2v) is 8.26. The zero-order valence-electron chi connectivity index (χ0n) is 15.5. The number of hydrogen-bond acceptors (Lipinski definition) is 6. The van der Waals surface area contributed by atoms with Crippen molar-refractivity contribution in [3.8, 4) is 5.75 Å². The van der Waals surface area contributed by atoms with Crippen molar-refractivity contribution in [2.45, 2.75) is 30.6 Å². The first-order valence-corrected chi connectivity index (χ1v) is 10.4. The van der Waals surface area contributed by atoms with Gasteiger partial charge in [0, 0.05) is 19.0 Å². The number of nitrogens with one attached hydrogen (secondary N) is 2. The van der Waals surface area contributed by atoms with Crippen molar-refractivity contribution >= 4 is 33.0 Å². The Kier molecular flexibility index (Phi) is 6.05. The first kappa shape index (κ1) is 20.0. The van der Waals surface area contributed by atoms with Crippen LogP contribution >= 0.6 is 0 Å². The van der Waals surface area contributed by atoms with Gasteiger partial charge in [-0.25, -0.2) is 13.9 Å². The van der Waals surface area contributed by atoms with E-state index in [1.165, 1.54) is 4.31 Å². The summed E-state index contributed by atoms with van der Waals surface area (Å²) in [6, 6.07) is 12.0. The summed E-state index contributed by atoms with van der Waals surface area (Å²) in [7, 11) is -2.19. The fourth-order valence-corrected chi connectivity index (χ4v) is 4.83. The van der Waals surface area contributed by atoms with Crippen LogP contribution in [-0.4, -0.2) is 33.2 Å². The van der Waals surface area contributed by atoms with Crippen LogP contribution in [0.2, 0.25) is 0 Å². The molecule has 0 atom stereocenters. The Balaban J connectivity index is 1.89. The number of methoxy groups -OCH3 is 1. The van der Waals surface area contributed by atoms with Crippen LogP contribution in [-0.2, 0) is 14.8 Å². The van der Waals surface area contributed by atoms with Crippen molar-refractivity contribution in [3.63, 3.8) is 0 Å². The molecule has 0 aromatic heterocycles. The van der Waals surface area contributed by atoms with Crippen LogP contribution in [0.3, 0.4) is 0 Å². The number of sulfonamides is 1. The third kappa shape index (κ3) is 4.05. The molecule has 1 amide bonds. The summed E-state index contributed by atoms with van der Waals surface area (Å²) >= 11 is 0. The second-order valence-electron chi connectivity index (χ2n) is 6.43. The average molecular weight is 405 g/mol. The van der Waals surface area contributed by atoms with Crippen molar-refractivity contribution in [1.29, 1.82) is 0 Å². The number of nitrogens with zero attached hydrogens (tertiary/aromatic N) is 1. The molecule has 0 radical (unpaired) electrons. The maximum Gasteiger partial charge on any atom is 0.266 e. The van der Waals surface area contributed by atoms with Crippen LogP contribution in [0.4, 0.5) is 17.1 Å². The van der Waals surface area contributed by atoms with Crippen LogP contribution in [0.5, 0.6) is 5.75 Å². The summed E-state index contributed by atoms with van der Waals surface area (Å²) in [6.45, 7) is 0.276. The van der Waals surface area contributed by atoms with Crippen LogP contribution < -0.4 is 19.8 Å².